The number of amides is 1. The molecule has 1 aromatic carbocycles. The first kappa shape index (κ1) is 12.2. The number of hydrazine groups is 1. The maximum Gasteiger partial charge on any atom is 0.267 e. The zero-order valence-corrected chi connectivity index (χ0v) is 10.3. The third kappa shape index (κ3) is 3.11. The van der Waals surface area contributed by atoms with Crippen molar-refractivity contribution in [3.05, 3.63) is 28.8 Å². The highest BCUT2D eigenvalue weighted by atomic mass is 35.5. The Kier molecular flexibility index (Phi) is 3.86. The van der Waals surface area contributed by atoms with Crippen LogP contribution in [0, 0.1) is 0 Å². The number of piperidine rings is 1. The molecule has 17 heavy (non-hydrogen) atoms. The Labute approximate surface area is 106 Å². The summed E-state index contributed by atoms with van der Waals surface area (Å²) in [4.78, 5) is 12.0. The maximum absolute atomic E-state index is 12.0. The molecular weight excluding hydrogens is 238 g/mol. The number of nitrogens with zero attached hydrogens (tertiary/aromatic N) is 1. The van der Waals surface area contributed by atoms with Crippen LogP contribution in [0.3, 0.4) is 0 Å². The summed E-state index contributed by atoms with van der Waals surface area (Å²) in [5, 5.41) is 2.33. The van der Waals surface area contributed by atoms with E-state index >= 15 is 0 Å². The Balaban J connectivity index is 2.03. The summed E-state index contributed by atoms with van der Waals surface area (Å²) in [5.41, 5.74) is 9.47. The van der Waals surface area contributed by atoms with Crippen LogP contribution in [0.5, 0.6) is 0 Å². The smallest absolute Gasteiger partial charge is 0.267 e. The normalized spacial score (nSPS) is 16.8. The molecular formula is C12H16ClN3O. The van der Waals surface area contributed by atoms with Gasteiger partial charge < -0.3 is 5.73 Å². The van der Waals surface area contributed by atoms with Crippen LogP contribution >= 0.6 is 11.6 Å². The van der Waals surface area contributed by atoms with Crippen molar-refractivity contribution in [1.29, 1.82) is 0 Å². The molecule has 0 bridgehead atoms. The van der Waals surface area contributed by atoms with Gasteiger partial charge in [-0.15, -0.1) is 0 Å². The molecule has 0 atom stereocenters. The van der Waals surface area contributed by atoms with E-state index in [-0.39, 0.29) is 5.91 Å². The number of halogens is 1. The number of carbonyl (C=O) groups is 1. The lowest BCUT2D eigenvalue weighted by Gasteiger charge is -2.26. The van der Waals surface area contributed by atoms with Crippen LogP contribution in [0.1, 0.15) is 29.6 Å². The van der Waals surface area contributed by atoms with Gasteiger partial charge in [-0.05, 0) is 31.0 Å². The summed E-state index contributed by atoms with van der Waals surface area (Å²) in [7, 11) is 0. The molecule has 1 heterocycles. The van der Waals surface area contributed by atoms with Gasteiger partial charge in [0.15, 0.2) is 0 Å². The van der Waals surface area contributed by atoms with Gasteiger partial charge in [0.25, 0.3) is 5.91 Å². The molecule has 0 unspecified atom stereocenters. The molecule has 1 aliphatic rings. The van der Waals surface area contributed by atoms with Gasteiger partial charge >= 0.3 is 0 Å². The summed E-state index contributed by atoms with van der Waals surface area (Å²) in [6.07, 6.45) is 3.47. The van der Waals surface area contributed by atoms with Crippen molar-refractivity contribution in [1.82, 2.24) is 10.4 Å². The van der Waals surface area contributed by atoms with Crippen molar-refractivity contribution >= 4 is 23.2 Å². The molecule has 0 aromatic heterocycles. The third-order valence-electron chi connectivity index (χ3n) is 2.85. The Hall–Kier alpha value is -1.26. The summed E-state index contributed by atoms with van der Waals surface area (Å²) in [6, 6.07) is 4.92. The summed E-state index contributed by atoms with van der Waals surface area (Å²) >= 11 is 5.98. The second kappa shape index (κ2) is 5.38. The minimum absolute atomic E-state index is 0.170. The molecule has 1 saturated heterocycles. The second-order valence-corrected chi connectivity index (χ2v) is 4.64. The third-order valence-corrected chi connectivity index (χ3v) is 3.17. The highest BCUT2D eigenvalue weighted by Crippen LogP contribution is 2.19. The highest BCUT2D eigenvalue weighted by molar-refractivity contribution is 6.34. The molecule has 3 N–H and O–H groups in total. The number of carbonyl (C=O) groups excluding carboxylic acids is 1. The first-order chi connectivity index (χ1) is 8.16. The Bertz CT molecular complexity index is 416. The van der Waals surface area contributed by atoms with E-state index in [1.807, 2.05) is 5.01 Å². The summed E-state index contributed by atoms with van der Waals surface area (Å²) < 4.78 is 0. The van der Waals surface area contributed by atoms with Gasteiger partial charge in [-0.25, -0.2) is 5.01 Å². The van der Waals surface area contributed by atoms with E-state index < -0.39 is 0 Å². The summed E-state index contributed by atoms with van der Waals surface area (Å²) in [5.74, 6) is -0.170. The lowest BCUT2D eigenvalue weighted by atomic mass is 10.1. The number of rotatable bonds is 2. The number of hydrogen-bond donors (Lipinski definition) is 2. The molecule has 1 fully saturated rings. The molecule has 0 aliphatic carbocycles. The van der Waals surface area contributed by atoms with E-state index in [1.165, 1.54) is 6.42 Å². The van der Waals surface area contributed by atoms with Crippen LogP contribution in [0.15, 0.2) is 18.2 Å². The van der Waals surface area contributed by atoms with Crippen LogP contribution in [0.4, 0.5) is 5.69 Å². The van der Waals surface area contributed by atoms with Gasteiger partial charge in [0.1, 0.15) is 0 Å². The lowest BCUT2D eigenvalue weighted by molar-refractivity contribution is 0.0750. The molecule has 1 aromatic rings. The SMILES string of the molecule is Nc1ccc(C(=O)NN2CCCCC2)c(Cl)c1. The number of hydrogen-bond acceptors (Lipinski definition) is 3. The number of nitrogens with one attached hydrogen (secondary N) is 1. The van der Waals surface area contributed by atoms with E-state index in [9.17, 15) is 4.79 Å². The first-order valence-corrected chi connectivity index (χ1v) is 6.15. The molecule has 92 valence electrons. The van der Waals surface area contributed by atoms with Crippen molar-refractivity contribution in [2.75, 3.05) is 18.8 Å². The Morgan fingerprint density at radius 3 is 2.65 bits per heavy atom. The molecule has 0 saturated carbocycles. The second-order valence-electron chi connectivity index (χ2n) is 4.23. The van der Waals surface area contributed by atoms with E-state index in [0.29, 0.717) is 16.3 Å². The molecule has 5 heteroatoms. The van der Waals surface area contributed by atoms with E-state index in [4.69, 9.17) is 17.3 Å². The molecule has 0 spiro atoms. The van der Waals surface area contributed by atoms with Crippen LogP contribution in [-0.4, -0.2) is 24.0 Å². The largest absolute Gasteiger partial charge is 0.399 e. The fourth-order valence-corrected chi connectivity index (χ4v) is 2.20. The molecule has 1 amide bonds. The van der Waals surface area contributed by atoms with Gasteiger partial charge in [0, 0.05) is 18.8 Å². The van der Waals surface area contributed by atoms with Crippen molar-refractivity contribution < 1.29 is 4.79 Å². The Morgan fingerprint density at radius 1 is 1.29 bits per heavy atom. The fraction of sp³-hybridized carbons (Fsp3) is 0.417. The van der Waals surface area contributed by atoms with Crippen LogP contribution in [0.25, 0.3) is 0 Å². The van der Waals surface area contributed by atoms with Crippen LogP contribution in [0.2, 0.25) is 5.02 Å². The average molecular weight is 254 g/mol. The van der Waals surface area contributed by atoms with Gasteiger partial charge in [0.2, 0.25) is 0 Å². The maximum atomic E-state index is 12.0. The number of nitrogen functional groups attached to an aromatic ring is 1. The predicted molar refractivity (Wildman–Crippen MR) is 68.8 cm³/mol. The minimum Gasteiger partial charge on any atom is -0.399 e. The quantitative estimate of drug-likeness (QED) is 0.794. The van der Waals surface area contributed by atoms with E-state index in [0.717, 1.165) is 25.9 Å². The van der Waals surface area contributed by atoms with E-state index in [1.54, 1.807) is 18.2 Å². The van der Waals surface area contributed by atoms with Crippen molar-refractivity contribution in [2.45, 2.75) is 19.3 Å². The monoisotopic (exact) mass is 253 g/mol. The molecule has 0 radical (unpaired) electrons. The zero-order chi connectivity index (χ0) is 12.3. The van der Waals surface area contributed by atoms with Crippen LogP contribution in [-0.2, 0) is 0 Å². The standard InChI is InChI=1S/C12H16ClN3O/c13-11-8-9(14)4-5-10(11)12(17)15-16-6-2-1-3-7-16/h4-5,8H,1-3,6-7,14H2,(H,15,17). The van der Waals surface area contributed by atoms with Gasteiger partial charge in [-0.1, -0.05) is 18.0 Å². The van der Waals surface area contributed by atoms with Crippen molar-refractivity contribution in [3.8, 4) is 0 Å². The molecule has 4 nitrogen and oxygen atoms in total. The average Bonchev–Trinajstić information content (AvgIpc) is 2.30. The zero-order valence-electron chi connectivity index (χ0n) is 9.58. The number of nitrogens with two attached hydrogens (primary N) is 1. The van der Waals surface area contributed by atoms with Gasteiger partial charge in [-0.2, -0.15) is 0 Å². The van der Waals surface area contributed by atoms with Crippen molar-refractivity contribution in [2.24, 2.45) is 0 Å². The summed E-state index contributed by atoms with van der Waals surface area (Å²) in [6.45, 7) is 1.80. The fourth-order valence-electron chi connectivity index (χ4n) is 1.93. The highest BCUT2D eigenvalue weighted by Gasteiger charge is 2.15. The van der Waals surface area contributed by atoms with Crippen molar-refractivity contribution in [3.63, 3.8) is 0 Å². The first-order valence-electron chi connectivity index (χ1n) is 5.78. The Morgan fingerprint density at radius 2 is 2.00 bits per heavy atom. The van der Waals surface area contributed by atoms with Crippen LogP contribution < -0.4 is 11.2 Å². The minimum atomic E-state index is -0.170. The number of benzene rings is 1. The lowest BCUT2D eigenvalue weighted by Crippen LogP contribution is -2.45. The van der Waals surface area contributed by atoms with Gasteiger partial charge in [-0.3, -0.25) is 10.2 Å². The topological polar surface area (TPSA) is 58.4 Å². The number of anilines is 1. The predicted octanol–water partition coefficient (Wildman–Crippen LogP) is 2.05. The van der Waals surface area contributed by atoms with Gasteiger partial charge in [0.05, 0.1) is 10.6 Å². The molecule has 1 aliphatic heterocycles. The van der Waals surface area contributed by atoms with E-state index in [2.05, 4.69) is 5.43 Å². The molecule has 2 rings (SSSR count).